The molecule has 0 aromatic carbocycles. The summed E-state index contributed by atoms with van der Waals surface area (Å²) in [4.78, 5) is 0. The molecule has 2 fully saturated rings. The van der Waals surface area contributed by atoms with Crippen LogP contribution in [-0.2, 0) is 0 Å². The van der Waals surface area contributed by atoms with Crippen LogP contribution in [0.25, 0.3) is 0 Å². The van der Waals surface area contributed by atoms with Gasteiger partial charge in [-0.1, -0.05) is 39.0 Å². The van der Waals surface area contributed by atoms with Gasteiger partial charge in [0.1, 0.15) is 0 Å². The Morgan fingerprint density at radius 1 is 0.857 bits per heavy atom. The van der Waals surface area contributed by atoms with Gasteiger partial charge in [0.25, 0.3) is 0 Å². The van der Waals surface area contributed by atoms with Crippen LogP contribution in [-0.4, -0.2) is 5.38 Å². The zero-order valence-corrected chi connectivity index (χ0v) is 10.1. The lowest BCUT2D eigenvalue weighted by atomic mass is 9.71. The molecule has 0 N–H and O–H groups in total. The second-order valence-electron chi connectivity index (χ2n) is 5.56. The molecule has 2 rings (SSSR count). The van der Waals surface area contributed by atoms with Gasteiger partial charge in [0.2, 0.25) is 0 Å². The Bertz CT molecular complexity index is 158. The molecule has 14 heavy (non-hydrogen) atoms. The average Bonchev–Trinajstić information content (AvgIpc) is 2.18. The third-order valence-corrected chi connectivity index (χ3v) is 4.69. The van der Waals surface area contributed by atoms with E-state index in [-0.39, 0.29) is 0 Å². The molecule has 0 saturated heterocycles. The first-order valence-corrected chi connectivity index (χ1v) is 6.83. The summed E-state index contributed by atoms with van der Waals surface area (Å²) >= 11 is 6.27. The maximum atomic E-state index is 6.27. The molecule has 0 spiro atoms. The fourth-order valence-corrected chi connectivity index (χ4v) is 3.89. The second kappa shape index (κ2) is 4.88. The maximum absolute atomic E-state index is 6.27. The lowest BCUT2D eigenvalue weighted by molar-refractivity contribution is 0.167. The van der Waals surface area contributed by atoms with Crippen molar-refractivity contribution in [1.29, 1.82) is 0 Å². The minimum absolute atomic E-state index is 0.492. The van der Waals surface area contributed by atoms with E-state index in [4.69, 9.17) is 11.6 Å². The molecule has 0 aromatic heterocycles. The third kappa shape index (κ3) is 2.66. The Hall–Kier alpha value is 0.290. The van der Waals surface area contributed by atoms with E-state index in [1.165, 1.54) is 51.4 Å². The Morgan fingerprint density at radius 2 is 1.50 bits per heavy atom. The largest absolute Gasteiger partial charge is 0.123 e. The highest BCUT2D eigenvalue weighted by atomic mass is 35.5. The van der Waals surface area contributed by atoms with E-state index in [1.54, 1.807) is 0 Å². The Morgan fingerprint density at radius 3 is 2.14 bits per heavy atom. The summed E-state index contributed by atoms with van der Waals surface area (Å²) in [5.41, 5.74) is 0. The first kappa shape index (κ1) is 10.8. The molecule has 1 heteroatoms. The average molecular weight is 215 g/mol. The summed E-state index contributed by atoms with van der Waals surface area (Å²) in [6.07, 6.45) is 11.3. The zero-order valence-electron chi connectivity index (χ0n) is 9.34. The normalized spacial score (nSPS) is 45.0. The predicted molar refractivity (Wildman–Crippen MR) is 62.7 cm³/mol. The lowest BCUT2D eigenvalue weighted by Gasteiger charge is -2.36. The van der Waals surface area contributed by atoms with Gasteiger partial charge in [-0.2, -0.15) is 0 Å². The number of halogens is 1. The molecular formula is C13H23Cl. The Kier molecular flexibility index (Phi) is 3.76. The van der Waals surface area contributed by atoms with E-state index in [0.29, 0.717) is 5.38 Å². The molecule has 2 aliphatic carbocycles. The minimum atomic E-state index is 0.492. The van der Waals surface area contributed by atoms with Crippen LogP contribution >= 0.6 is 11.6 Å². The van der Waals surface area contributed by atoms with Crippen molar-refractivity contribution in [3.63, 3.8) is 0 Å². The monoisotopic (exact) mass is 214 g/mol. The second-order valence-corrected chi connectivity index (χ2v) is 6.17. The minimum Gasteiger partial charge on any atom is -0.123 e. The molecule has 4 atom stereocenters. The van der Waals surface area contributed by atoms with Gasteiger partial charge in [-0.05, 0) is 37.0 Å². The number of hydrogen-bond donors (Lipinski definition) is 0. The van der Waals surface area contributed by atoms with Crippen molar-refractivity contribution in [2.24, 2.45) is 17.8 Å². The first-order valence-electron chi connectivity index (χ1n) is 6.39. The standard InChI is InChI=1S/C13H23Cl/c1-10-4-2-5-11(8-10)12-6-3-7-13(14)9-12/h10-13H,2-9H2,1H3. The van der Waals surface area contributed by atoms with Crippen LogP contribution in [0.5, 0.6) is 0 Å². The smallest absolute Gasteiger partial charge is 0.0338 e. The van der Waals surface area contributed by atoms with Crippen molar-refractivity contribution in [1.82, 2.24) is 0 Å². The summed E-state index contributed by atoms with van der Waals surface area (Å²) in [6.45, 7) is 2.42. The molecule has 0 aliphatic heterocycles. The van der Waals surface area contributed by atoms with Crippen LogP contribution in [0.15, 0.2) is 0 Å². The van der Waals surface area contributed by atoms with Crippen LogP contribution in [0, 0.1) is 17.8 Å². The van der Waals surface area contributed by atoms with Gasteiger partial charge < -0.3 is 0 Å². The van der Waals surface area contributed by atoms with Gasteiger partial charge in [-0.15, -0.1) is 11.6 Å². The fourth-order valence-electron chi connectivity index (χ4n) is 3.50. The van der Waals surface area contributed by atoms with E-state index in [0.717, 1.165) is 17.8 Å². The zero-order chi connectivity index (χ0) is 9.97. The molecule has 0 amide bonds. The molecule has 4 unspecified atom stereocenters. The van der Waals surface area contributed by atoms with Gasteiger partial charge in [0.15, 0.2) is 0 Å². The van der Waals surface area contributed by atoms with Crippen molar-refractivity contribution >= 4 is 11.6 Å². The van der Waals surface area contributed by atoms with E-state index in [1.807, 2.05) is 0 Å². The molecule has 0 aromatic rings. The van der Waals surface area contributed by atoms with Crippen molar-refractivity contribution in [3.8, 4) is 0 Å². The summed E-state index contributed by atoms with van der Waals surface area (Å²) in [6, 6.07) is 0. The van der Waals surface area contributed by atoms with E-state index < -0.39 is 0 Å². The quantitative estimate of drug-likeness (QED) is 0.560. The van der Waals surface area contributed by atoms with E-state index in [2.05, 4.69) is 6.92 Å². The van der Waals surface area contributed by atoms with Crippen LogP contribution in [0.1, 0.15) is 58.3 Å². The molecule has 0 bridgehead atoms. The summed E-state index contributed by atoms with van der Waals surface area (Å²) in [5.74, 6) is 2.96. The van der Waals surface area contributed by atoms with Crippen molar-refractivity contribution in [2.75, 3.05) is 0 Å². The summed E-state index contributed by atoms with van der Waals surface area (Å²) < 4.78 is 0. The SMILES string of the molecule is CC1CCCC(C2CCCC(Cl)C2)C1. The number of hydrogen-bond acceptors (Lipinski definition) is 0. The number of alkyl halides is 1. The molecular weight excluding hydrogens is 192 g/mol. The molecule has 0 nitrogen and oxygen atoms in total. The molecule has 2 aliphatic rings. The van der Waals surface area contributed by atoms with Crippen molar-refractivity contribution in [3.05, 3.63) is 0 Å². The molecule has 82 valence electrons. The Balaban J connectivity index is 1.86. The van der Waals surface area contributed by atoms with Crippen molar-refractivity contribution in [2.45, 2.75) is 63.7 Å². The highest BCUT2D eigenvalue weighted by Gasteiger charge is 2.30. The molecule has 2 saturated carbocycles. The third-order valence-electron chi connectivity index (χ3n) is 4.29. The van der Waals surface area contributed by atoms with Crippen molar-refractivity contribution < 1.29 is 0 Å². The fraction of sp³-hybridized carbons (Fsp3) is 1.00. The van der Waals surface area contributed by atoms with Crippen LogP contribution < -0.4 is 0 Å². The van der Waals surface area contributed by atoms with Crippen LogP contribution in [0.4, 0.5) is 0 Å². The lowest BCUT2D eigenvalue weighted by Crippen LogP contribution is -2.26. The highest BCUT2D eigenvalue weighted by molar-refractivity contribution is 6.20. The topological polar surface area (TPSA) is 0 Å². The van der Waals surface area contributed by atoms with Gasteiger partial charge in [0, 0.05) is 5.38 Å². The van der Waals surface area contributed by atoms with E-state index in [9.17, 15) is 0 Å². The van der Waals surface area contributed by atoms with Gasteiger partial charge in [0.05, 0.1) is 0 Å². The van der Waals surface area contributed by atoms with Crippen LogP contribution in [0.2, 0.25) is 0 Å². The molecule has 0 heterocycles. The van der Waals surface area contributed by atoms with E-state index >= 15 is 0 Å². The van der Waals surface area contributed by atoms with Gasteiger partial charge in [-0.3, -0.25) is 0 Å². The summed E-state index contributed by atoms with van der Waals surface area (Å²) in [5, 5.41) is 0.492. The summed E-state index contributed by atoms with van der Waals surface area (Å²) in [7, 11) is 0. The van der Waals surface area contributed by atoms with Gasteiger partial charge >= 0.3 is 0 Å². The van der Waals surface area contributed by atoms with Crippen LogP contribution in [0.3, 0.4) is 0 Å². The number of rotatable bonds is 1. The predicted octanol–water partition coefficient (Wildman–Crippen LogP) is 4.61. The first-order chi connectivity index (χ1) is 6.75. The molecule has 0 radical (unpaired) electrons. The Labute approximate surface area is 93.4 Å². The van der Waals surface area contributed by atoms with Gasteiger partial charge in [-0.25, -0.2) is 0 Å². The maximum Gasteiger partial charge on any atom is 0.0338 e. The highest BCUT2D eigenvalue weighted by Crippen LogP contribution is 2.41.